The van der Waals surface area contributed by atoms with Gasteiger partial charge in [-0.3, -0.25) is 4.90 Å². The summed E-state index contributed by atoms with van der Waals surface area (Å²) < 4.78 is 19.6. The molecule has 0 spiro atoms. The van der Waals surface area contributed by atoms with Crippen molar-refractivity contribution in [3.05, 3.63) is 65.1 Å². The van der Waals surface area contributed by atoms with Gasteiger partial charge in [0.15, 0.2) is 5.58 Å². The Balaban J connectivity index is 1.14. The number of benzene rings is 2. The van der Waals surface area contributed by atoms with Gasteiger partial charge in [-0.1, -0.05) is 35.5 Å². The molecule has 0 radical (unpaired) electrons. The zero-order valence-corrected chi connectivity index (χ0v) is 16.4. The van der Waals surface area contributed by atoms with Crippen LogP contribution < -0.4 is 0 Å². The number of aliphatic hydroxyl groups excluding tert-OH is 1. The van der Waals surface area contributed by atoms with E-state index in [1.807, 2.05) is 0 Å². The van der Waals surface area contributed by atoms with Crippen LogP contribution in [0.5, 0.6) is 0 Å². The zero-order valence-electron chi connectivity index (χ0n) is 16.4. The fourth-order valence-corrected chi connectivity index (χ4v) is 4.83. The number of fused-ring (bicyclic) bond motifs is 2. The molecule has 0 bridgehead atoms. The van der Waals surface area contributed by atoms with Gasteiger partial charge in [-0.2, -0.15) is 0 Å². The Morgan fingerprint density at radius 1 is 1.00 bits per heavy atom. The predicted octanol–water partition coefficient (Wildman–Crippen LogP) is 3.52. The quantitative estimate of drug-likeness (QED) is 0.716. The van der Waals surface area contributed by atoms with E-state index in [1.165, 1.54) is 17.2 Å². The van der Waals surface area contributed by atoms with Crippen LogP contribution in [0.25, 0.3) is 11.0 Å². The van der Waals surface area contributed by atoms with E-state index in [9.17, 15) is 9.50 Å². The molecule has 1 N–H and O–H groups in total. The number of β-amino-alcohol motifs (C(OH)–C–C–N with tert-alkyl or cyclic N) is 1. The van der Waals surface area contributed by atoms with E-state index in [-0.39, 0.29) is 17.8 Å². The summed E-state index contributed by atoms with van der Waals surface area (Å²) in [5.74, 6) is -0.0576. The second-order valence-electron chi connectivity index (χ2n) is 8.35. The normalized spacial score (nSPS) is 19.7. The van der Waals surface area contributed by atoms with Crippen LogP contribution >= 0.6 is 0 Å². The fourth-order valence-electron chi connectivity index (χ4n) is 4.83. The number of hydrogen-bond donors (Lipinski definition) is 1. The Kier molecular flexibility index (Phi) is 5.08. The molecular formula is C23H26FN3O2. The highest BCUT2D eigenvalue weighted by Gasteiger charge is 2.28. The lowest BCUT2D eigenvalue weighted by atomic mass is 9.91. The van der Waals surface area contributed by atoms with E-state index in [2.05, 4.69) is 39.2 Å². The number of hydrogen-bond acceptors (Lipinski definition) is 5. The molecule has 2 aliphatic rings. The smallest absolute Gasteiger partial charge is 0.170 e. The first-order valence-electron chi connectivity index (χ1n) is 10.4. The summed E-state index contributed by atoms with van der Waals surface area (Å²) in [6.45, 7) is 4.96. The topological polar surface area (TPSA) is 52.7 Å². The number of rotatable bonds is 5. The molecule has 1 saturated heterocycles. The fraction of sp³-hybridized carbons (Fsp3) is 0.435. The second kappa shape index (κ2) is 7.86. The molecule has 0 amide bonds. The summed E-state index contributed by atoms with van der Waals surface area (Å²) >= 11 is 0. The SMILES string of the molecule is OC(CN1CCC(c2noc3cccc(F)c23)CC1)CN1Cc2ccccc2C1. The van der Waals surface area contributed by atoms with Crippen LogP contribution in [0.4, 0.5) is 4.39 Å². The van der Waals surface area contributed by atoms with Crippen molar-refractivity contribution in [2.45, 2.75) is 38.0 Å². The van der Waals surface area contributed by atoms with Crippen LogP contribution in [0, 0.1) is 5.82 Å². The first kappa shape index (κ1) is 18.7. The molecule has 1 unspecified atom stereocenters. The van der Waals surface area contributed by atoms with Crippen molar-refractivity contribution in [1.82, 2.24) is 15.0 Å². The average Bonchev–Trinajstić information content (AvgIpc) is 3.33. The van der Waals surface area contributed by atoms with Gasteiger partial charge in [0.1, 0.15) is 5.82 Å². The van der Waals surface area contributed by atoms with Crippen molar-refractivity contribution in [1.29, 1.82) is 0 Å². The highest BCUT2D eigenvalue weighted by molar-refractivity contribution is 5.80. The molecule has 0 saturated carbocycles. The largest absolute Gasteiger partial charge is 0.390 e. The van der Waals surface area contributed by atoms with Gasteiger partial charge in [-0.15, -0.1) is 0 Å². The van der Waals surface area contributed by atoms with E-state index in [1.54, 1.807) is 12.1 Å². The van der Waals surface area contributed by atoms with E-state index in [0.717, 1.165) is 44.7 Å². The molecule has 6 heteroatoms. The van der Waals surface area contributed by atoms with Crippen molar-refractivity contribution >= 4 is 11.0 Å². The Morgan fingerprint density at radius 2 is 1.69 bits per heavy atom. The maximum atomic E-state index is 14.2. The number of halogens is 1. The van der Waals surface area contributed by atoms with Gasteiger partial charge in [-0.25, -0.2) is 4.39 Å². The average molecular weight is 395 g/mol. The van der Waals surface area contributed by atoms with E-state index in [4.69, 9.17) is 4.52 Å². The van der Waals surface area contributed by atoms with Crippen LogP contribution in [-0.2, 0) is 13.1 Å². The third-order valence-corrected chi connectivity index (χ3v) is 6.29. The van der Waals surface area contributed by atoms with Crippen molar-refractivity contribution in [3.8, 4) is 0 Å². The van der Waals surface area contributed by atoms with Gasteiger partial charge < -0.3 is 14.5 Å². The number of aliphatic hydroxyl groups is 1. The molecule has 3 aromatic rings. The minimum absolute atomic E-state index is 0.203. The van der Waals surface area contributed by atoms with Crippen LogP contribution in [0.3, 0.4) is 0 Å². The van der Waals surface area contributed by atoms with Crippen LogP contribution in [0.1, 0.15) is 35.6 Å². The lowest BCUT2D eigenvalue weighted by Gasteiger charge is -2.33. The molecule has 2 aliphatic heterocycles. The first-order chi connectivity index (χ1) is 14.2. The molecular weight excluding hydrogens is 369 g/mol. The maximum absolute atomic E-state index is 14.2. The van der Waals surface area contributed by atoms with Gasteiger partial charge in [0, 0.05) is 32.1 Å². The summed E-state index contributed by atoms with van der Waals surface area (Å²) in [5, 5.41) is 15.3. The van der Waals surface area contributed by atoms with Gasteiger partial charge >= 0.3 is 0 Å². The standard InChI is InChI=1S/C23H26FN3O2/c24-20-6-3-7-21-22(20)23(25-29-21)16-8-10-26(11-9-16)14-19(28)15-27-12-17-4-1-2-5-18(17)13-27/h1-7,16,19,28H,8-15H2. The molecule has 29 heavy (non-hydrogen) atoms. The summed E-state index contributed by atoms with van der Waals surface area (Å²) in [5.41, 5.74) is 4.00. The molecule has 5 rings (SSSR count). The second-order valence-corrected chi connectivity index (χ2v) is 8.35. The van der Waals surface area contributed by atoms with Gasteiger partial charge in [0.05, 0.1) is 17.2 Å². The Hall–Kier alpha value is -2.28. The monoisotopic (exact) mass is 395 g/mol. The lowest BCUT2D eigenvalue weighted by molar-refractivity contribution is 0.0634. The molecule has 1 aromatic heterocycles. The van der Waals surface area contributed by atoms with Gasteiger partial charge in [-0.05, 0) is 49.2 Å². The minimum Gasteiger partial charge on any atom is -0.390 e. The summed E-state index contributed by atoms with van der Waals surface area (Å²) in [7, 11) is 0. The van der Waals surface area contributed by atoms with E-state index < -0.39 is 0 Å². The van der Waals surface area contributed by atoms with Crippen molar-refractivity contribution in [2.75, 3.05) is 26.2 Å². The third-order valence-electron chi connectivity index (χ3n) is 6.29. The van der Waals surface area contributed by atoms with E-state index >= 15 is 0 Å². The number of likely N-dealkylation sites (tertiary alicyclic amines) is 1. The van der Waals surface area contributed by atoms with E-state index in [0.29, 0.717) is 24.1 Å². The van der Waals surface area contributed by atoms with Gasteiger partial charge in [0.2, 0.25) is 0 Å². The van der Waals surface area contributed by atoms with Crippen molar-refractivity contribution in [3.63, 3.8) is 0 Å². The summed E-state index contributed by atoms with van der Waals surface area (Å²) in [6, 6.07) is 13.4. The van der Waals surface area contributed by atoms with Crippen LogP contribution in [0.2, 0.25) is 0 Å². The highest BCUT2D eigenvalue weighted by Crippen LogP contribution is 2.33. The minimum atomic E-state index is -0.369. The predicted molar refractivity (Wildman–Crippen MR) is 109 cm³/mol. The molecule has 1 fully saturated rings. The summed E-state index contributed by atoms with van der Waals surface area (Å²) in [6.07, 6.45) is 1.43. The van der Waals surface area contributed by atoms with Crippen molar-refractivity contribution < 1.29 is 14.0 Å². The van der Waals surface area contributed by atoms with Gasteiger partial charge in [0.25, 0.3) is 0 Å². The molecule has 2 aromatic carbocycles. The lowest BCUT2D eigenvalue weighted by Crippen LogP contribution is -2.42. The zero-order chi connectivity index (χ0) is 19.8. The molecule has 3 heterocycles. The molecule has 0 aliphatic carbocycles. The molecule has 1 atom stereocenters. The Labute approximate surface area is 169 Å². The van der Waals surface area contributed by atoms with Crippen molar-refractivity contribution in [2.24, 2.45) is 0 Å². The van der Waals surface area contributed by atoms with Crippen LogP contribution in [-0.4, -0.2) is 52.3 Å². The number of piperidine rings is 1. The number of nitrogens with zero attached hydrogens (tertiary/aromatic N) is 3. The first-order valence-corrected chi connectivity index (χ1v) is 10.4. The number of aromatic nitrogens is 1. The Bertz CT molecular complexity index is 972. The summed E-state index contributed by atoms with van der Waals surface area (Å²) in [4.78, 5) is 4.62. The molecule has 5 nitrogen and oxygen atoms in total. The third kappa shape index (κ3) is 3.80. The Morgan fingerprint density at radius 3 is 2.41 bits per heavy atom. The molecule has 152 valence electrons. The highest BCUT2D eigenvalue weighted by atomic mass is 19.1. The maximum Gasteiger partial charge on any atom is 0.170 e. The van der Waals surface area contributed by atoms with Crippen LogP contribution in [0.15, 0.2) is 47.0 Å².